The number of rotatable bonds is 4. The molecule has 132 valence electrons. The Kier molecular flexibility index (Phi) is 5.41. The molecule has 2 heterocycles. The summed E-state index contributed by atoms with van der Waals surface area (Å²) in [5, 5.41) is 12.5. The maximum atomic E-state index is 12.6. The fraction of sp³-hybridized carbons (Fsp3) is 0.632. The van der Waals surface area contributed by atoms with Crippen molar-refractivity contribution in [2.24, 2.45) is 11.8 Å². The van der Waals surface area contributed by atoms with E-state index in [0.717, 1.165) is 32.6 Å². The molecule has 0 spiro atoms. The Morgan fingerprint density at radius 1 is 1.29 bits per heavy atom. The molecule has 2 N–H and O–H groups in total. The lowest BCUT2D eigenvalue weighted by molar-refractivity contribution is 0.0502. The zero-order valence-corrected chi connectivity index (χ0v) is 14.4. The minimum Gasteiger partial charge on any atom is -0.396 e. The number of carbonyl (C=O) groups is 1. The van der Waals surface area contributed by atoms with Gasteiger partial charge in [-0.2, -0.15) is 0 Å². The van der Waals surface area contributed by atoms with Crippen molar-refractivity contribution in [1.29, 1.82) is 0 Å². The molecule has 0 aliphatic carbocycles. The largest absolute Gasteiger partial charge is 0.396 e. The first-order chi connectivity index (χ1) is 11.6. The summed E-state index contributed by atoms with van der Waals surface area (Å²) in [5.41, 5.74) is 1.23. The van der Waals surface area contributed by atoms with E-state index in [-0.39, 0.29) is 24.0 Å². The van der Waals surface area contributed by atoms with Crippen molar-refractivity contribution < 1.29 is 14.6 Å². The zero-order chi connectivity index (χ0) is 17.0. The summed E-state index contributed by atoms with van der Waals surface area (Å²) in [4.78, 5) is 14.4. The topological polar surface area (TPSA) is 61.8 Å². The molecule has 0 saturated carbocycles. The number of benzene rings is 1. The average Bonchev–Trinajstić information content (AvgIpc) is 3.02. The third-order valence-corrected chi connectivity index (χ3v) is 5.70. The number of aliphatic hydroxyl groups excluding tert-OH is 1. The average molecular weight is 332 g/mol. The first-order valence-electron chi connectivity index (χ1n) is 8.91. The molecule has 5 heteroatoms. The Morgan fingerprint density at radius 3 is 2.62 bits per heavy atom. The van der Waals surface area contributed by atoms with Crippen LogP contribution in [0.3, 0.4) is 0 Å². The lowest BCUT2D eigenvalue weighted by Gasteiger charge is -2.38. The highest BCUT2D eigenvalue weighted by Gasteiger charge is 2.36. The van der Waals surface area contributed by atoms with E-state index in [1.54, 1.807) is 0 Å². The number of amides is 2. The van der Waals surface area contributed by atoms with Crippen LogP contribution in [0.5, 0.6) is 0 Å². The smallest absolute Gasteiger partial charge is 0.317 e. The van der Waals surface area contributed by atoms with Crippen molar-refractivity contribution in [3.05, 3.63) is 35.9 Å². The minimum atomic E-state index is -0.0448. The molecule has 0 radical (unpaired) electrons. The van der Waals surface area contributed by atoms with E-state index >= 15 is 0 Å². The number of ether oxygens (including phenoxy) is 1. The van der Waals surface area contributed by atoms with Gasteiger partial charge in [0.25, 0.3) is 0 Å². The summed E-state index contributed by atoms with van der Waals surface area (Å²) in [7, 11) is 0. The van der Waals surface area contributed by atoms with Gasteiger partial charge in [0.2, 0.25) is 0 Å². The Balaban J connectivity index is 1.65. The van der Waals surface area contributed by atoms with Gasteiger partial charge in [-0.15, -0.1) is 0 Å². The second-order valence-corrected chi connectivity index (χ2v) is 7.24. The van der Waals surface area contributed by atoms with Crippen LogP contribution in [0, 0.1) is 11.8 Å². The monoisotopic (exact) mass is 332 g/mol. The summed E-state index contributed by atoms with van der Waals surface area (Å²) in [5.74, 6) is 0.550. The van der Waals surface area contributed by atoms with Crippen LogP contribution in [0.25, 0.3) is 0 Å². The SMILES string of the molecule is C[C@@H]1CN(C(=O)NCC2(c3ccccc3)CCOCC2)C[C@H]1CO. The molecule has 2 fully saturated rings. The number of aliphatic hydroxyl groups is 1. The van der Waals surface area contributed by atoms with Crippen LogP contribution in [-0.2, 0) is 10.2 Å². The molecule has 24 heavy (non-hydrogen) atoms. The van der Waals surface area contributed by atoms with Gasteiger partial charge in [-0.3, -0.25) is 0 Å². The number of likely N-dealkylation sites (tertiary alicyclic amines) is 1. The quantitative estimate of drug-likeness (QED) is 0.886. The van der Waals surface area contributed by atoms with Crippen LogP contribution in [0.4, 0.5) is 4.79 Å². The van der Waals surface area contributed by atoms with Gasteiger partial charge < -0.3 is 20.1 Å². The van der Waals surface area contributed by atoms with Gasteiger partial charge in [0.15, 0.2) is 0 Å². The van der Waals surface area contributed by atoms with E-state index in [0.29, 0.717) is 19.0 Å². The van der Waals surface area contributed by atoms with Gasteiger partial charge >= 0.3 is 6.03 Å². The molecule has 2 aliphatic rings. The maximum Gasteiger partial charge on any atom is 0.317 e. The van der Waals surface area contributed by atoms with E-state index in [1.165, 1.54) is 5.56 Å². The first kappa shape index (κ1) is 17.2. The van der Waals surface area contributed by atoms with E-state index in [9.17, 15) is 9.90 Å². The van der Waals surface area contributed by atoms with Crippen molar-refractivity contribution >= 4 is 6.03 Å². The van der Waals surface area contributed by atoms with E-state index in [2.05, 4.69) is 36.5 Å². The van der Waals surface area contributed by atoms with E-state index in [1.807, 2.05) is 11.0 Å². The molecule has 5 nitrogen and oxygen atoms in total. The fourth-order valence-corrected chi connectivity index (χ4v) is 3.92. The highest BCUT2D eigenvalue weighted by Crippen LogP contribution is 2.34. The van der Waals surface area contributed by atoms with Gasteiger partial charge in [-0.1, -0.05) is 37.3 Å². The number of nitrogens with one attached hydrogen (secondary N) is 1. The van der Waals surface area contributed by atoms with Crippen LogP contribution in [0.2, 0.25) is 0 Å². The Morgan fingerprint density at radius 2 is 2.00 bits per heavy atom. The van der Waals surface area contributed by atoms with Crippen molar-refractivity contribution in [3.8, 4) is 0 Å². The first-order valence-corrected chi connectivity index (χ1v) is 8.91. The fourth-order valence-electron chi connectivity index (χ4n) is 3.92. The lowest BCUT2D eigenvalue weighted by atomic mass is 9.74. The van der Waals surface area contributed by atoms with Crippen molar-refractivity contribution in [2.45, 2.75) is 25.2 Å². The van der Waals surface area contributed by atoms with Crippen LogP contribution < -0.4 is 5.32 Å². The molecule has 3 rings (SSSR count). The summed E-state index contributed by atoms with van der Waals surface area (Å²) in [6, 6.07) is 10.4. The third-order valence-electron chi connectivity index (χ3n) is 5.70. The Bertz CT molecular complexity index is 543. The van der Waals surface area contributed by atoms with Gasteiger partial charge in [-0.05, 0) is 24.3 Å². The van der Waals surface area contributed by atoms with Gasteiger partial charge in [0.05, 0.1) is 0 Å². The third kappa shape index (κ3) is 3.57. The summed E-state index contributed by atoms with van der Waals surface area (Å²) >= 11 is 0. The molecule has 2 aliphatic heterocycles. The van der Waals surface area contributed by atoms with E-state index < -0.39 is 0 Å². The van der Waals surface area contributed by atoms with Crippen LogP contribution in [0.1, 0.15) is 25.3 Å². The number of urea groups is 1. The van der Waals surface area contributed by atoms with Crippen LogP contribution >= 0.6 is 0 Å². The normalized spacial score (nSPS) is 26.3. The van der Waals surface area contributed by atoms with Crippen LogP contribution in [0.15, 0.2) is 30.3 Å². The molecule has 2 amide bonds. The maximum absolute atomic E-state index is 12.6. The van der Waals surface area contributed by atoms with Crippen LogP contribution in [-0.4, -0.2) is 55.5 Å². The molecule has 0 aromatic heterocycles. The van der Waals surface area contributed by atoms with Crippen molar-refractivity contribution in [3.63, 3.8) is 0 Å². The van der Waals surface area contributed by atoms with Crippen molar-refractivity contribution in [2.75, 3.05) is 39.5 Å². The second kappa shape index (κ2) is 7.53. The summed E-state index contributed by atoms with van der Waals surface area (Å²) in [6.45, 7) is 5.71. The summed E-state index contributed by atoms with van der Waals surface area (Å²) < 4.78 is 5.54. The second-order valence-electron chi connectivity index (χ2n) is 7.24. The van der Waals surface area contributed by atoms with Gasteiger partial charge in [-0.25, -0.2) is 4.79 Å². The lowest BCUT2D eigenvalue weighted by Crippen LogP contribution is -2.48. The van der Waals surface area contributed by atoms with Gasteiger partial charge in [0.1, 0.15) is 0 Å². The standard InChI is InChI=1S/C19H28N2O3/c1-15-11-21(12-16(15)13-22)18(23)20-14-19(7-9-24-10-8-19)17-5-3-2-4-6-17/h2-6,15-16,22H,7-14H2,1H3,(H,20,23)/t15-,16+/m1/s1. The van der Waals surface area contributed by atoms with E-state index in [4.69, 9.17) is 4.74 Å². The highest BCUT2D eigenvalue weighted by atomic mass is 16.5. The predicted molar refractivity (Wildman–Crippen MR) is 92.9 cm³/mol. The highest BCUT2D eigenvalue weighted by molar-refractivity contribution is 5.74. The zero-order valence-electron chi connectivity index (χ0n) is 14.4. The molecule has 1 aromatic carbocycles. The Hall–Kier alpha value is -1.59. The number of carbonyl (C=O) groups excluding carboxylic acids is 1. The minimum absolute atomic E-state index is 0.0143. The number of nitrogens with zero attached hydrogens (tertiary/aromatic N) is 1. The molecule has 1 aromatic rings. The number of hydrogen-bond donors (Lipinski definition) is 2. The number of hydrogen-bond acceptors (Lipinski definition) is 3. The van der Waals surface area contributed by atoms with Gasteiger partial charge in [0, 0.05) is 50.8 Å². The molecule has 2 saturated heterocycles. The summed E-state index contributed by atoms with van der Waals surface area (Å²) in [6.07, 6.45) is 1.85. The predicted octanol–water partition coefficient (Wildman–Crippen LogP) is 2.00. The molecular weight excluding hydrogens is 304 g/mol. The molecule has 2 atom stereocenters. The Labute approximate surface area is 144 Å². The molecule has 0 unspecified atom stereocenters. The molecule has 0 bridgehead atoms. The van der Waals surface area contributed by atoms with Crippen molar-refractivity contribution in [1.82, 2.24) is 10.2 Å². The molecular formula is C19H28N2O3.